The maximum absolute atomic E-state index is 13.7. The predicted molar refractivity (Wildman–Crippen MR) is 127 cm³/mol. The van der Waals surface area contributed by atoms with Gasteiger partial charge in [-0.15, -0.1) is 0 Å². The molecule has 0 aliphatic heterocycles. The number of methoxy groups -OCH3 is 3. The summed E-state index contributed by atoms with van der Waals surface area (Å²) in [4.78, 5) is 13.0. The summed E-state index contributed by atoms with van der Waals surface area (Å²) >= 11 is 0. The molecule has 174 valence electrons. The molecule has 9 heteroatoms. The van der Waals surface area contributed by atoms with Crippen LogP contribution in [0.15, 0.2) is 71.6 Å². The fourth-order valence-electron chi connectivity index (χ4n) is 3.25. The summed E-state index contributed by atoms with van der Waals surface area (Å²) in [5.74, 6) is 0.568. The summed E-state index contributed by atoms with van der Waals surface area (Å²) in [5, 5.41) is 2.72. The number of rotatable bonds is 9. The summed E-state index contributed by atoms with van der Waals surface area (Å²) in [6.07, 6.45) is 0. The van der Waals surface area contributed by atoms with E-state index in [0.717, 1.165) is 9.87 Å². The van der Waals surface area contributed by atoms with Crippen LogP contribution in [0.5, 0.6) is 17.2 Å². The van der Waals surface area contributed by atoms with Crippen molar-refractivity contribution < 1.29 is 27.4 Å². The second kappa shape index (κ2) is 10.3. The number of carbonyl (C=O) groups is 1. The van der Waals surface area contributed by atoms with Crippen LogP contribution in [-0.2, 0) is 14.8 Å². The van der Waals surface area contributed by atoms with Gasteiger partial charge in [0.1, 0.15) is 28.7 Å². The highest BCUT2D eigenvalue weighted by molar-refractivity contribution is 7.93. The molecule has 0 aliphatic rings. The number of para-hydroxylation sites is 1. The molecule has 0 spiro atoms. The van der Waals surface area contributed by atoms with E-state index in [4.69, 9.17) is 14.2 Å². The Hall–Kier alpha value is -3.72. The average Bonchev–Trinajstić information content (AvgIpc) is 2.82. The van der Waals surface area contributed by atoms with Crippen LogP contribution in [0, 0.1) is 6.92 Å². The van der Waals surface area contributed by atoms with Crippen LogP contribution in [0.2, 0.25) is 0 Å². The van der Waals surface area contributed by atoms with E-state index in [1.54, 1.807) is 67.6 Å². The van der Waals surface area contributed by atoms with E-state index in [-0.39, 0.29) is 10.6 Å². The summed E-state index contributed by atoms with van der Waals surface area (Å²) in [6, 6.07) is 18.2. The van der Waals surface area contributed by atoms with E-state index >= 15 is 0 Å². The number of hydrogen-bond acceptors (Lipinski definition) is 6. The van der Waals surface area contributed by atoms with Crippen LogP contribution >= 0.6 is 0 Å². The number of ether oxygens (including phenoxy) is 3. The number of aryl methyl sites for hydroxylation is 1. The minimum atomic E-state index is -4.14. The van der Waals surface area contributed by atoms with Gasteiger partial charge in [0.2, 0.25) is 5.91 Å². The van der Waals surface area contributed by atoms with Crippen molar-refractivity contribution in [1.29, 1.82) is 0 Å². The Morgan fingerprint density at radius 2 is 1.55 bits per heavy atom. The summed E-state index contributed by atoms with van der Waals surface area (Å²) < 4.78 is 44.2. The Bertz CT molecular complexity index is 1230. The molecule has 33 heavy (non-hydrogen) atoms. The third-order valence-corrected chi connectivity index (χ3v) is 6.69. The molecule has 0 saturated heterocycles. The van der Waals surface area contributed by atoms with Gasteiger partial charge in [-0.1, -0.05) is 24.3 Å². The monoisotopic (exact) mass is 470 g/mol. The van der Waals surface area contributed by atoms with Crippen LogP contribution in [0.3, 0.4) is 0 Å². The lowest BCUT2D eigenvalue weighted by Gasteiger charge is -2.25. The quantitative estimate of drug-likeness (QED) is 0.511. The van der Waals surface area contributed by atoms with Gasteiger partial charge in [0.15, 0.2) is 0 Å². The molecule has 1 N–H and O–H groups in total. The van der Waals surface area contributed by atoms with Crippen molar-refractivity contribution in [3.8, 4) is 17.2 Å². The van der Waals surface area contributed by atoms with Gasteiger partial charge in [-0.2, -0.15) is 0 Å². The fraction of sp³-hybridized carbons (Fsp3) is 0.208. The first kappa shape index (κ1) is 23.9. The predicted octanol–water partition coefficient (Wildman–Crippen LogP) is 3.85. The van der Waals surface area contributed by atoms with Crippen molar-refractivity contribution in [1.82, 2.24) is 0 Å². The highest BCUT2D eigenvalue weighted by atomic mass is 32.2. The minimum Gasteiger partial charge on any atom is -0.497 e. The van der Waals surface area contributed by atoms with Crippen molar-refractivity contribution in [2.45, 2.75) is 11.8 Å². The summed E-state index contributed by atoms with van der Waals surface area (Å²) in [6.45, 7) is 1.32. The zero-order chi connectivity index (χ0) is 24.0. The van der Waals surface area contributed by atoms with Crippen molar-refractivity contribution in [2.75, 3.05) is 37.5 Å². The highest BCUT2D eigenvalue weighted by Gasteiger charge is 2.30. The van der Waals surface area contributed by atoms with Crippen molar-refractivity contribution in [3.05, 3.63) is 72.3 Å². The number of anilines is 2. The molecule has 0 bridgehead atoms. The molecule has 8 nitrogen and oxygen atoms in total. The zero-order valence-electron chi connectivity index (χ0n) is 18.9. The Labute approximate surface area is 193 Å². The number of carbonyl (C=O) groups excluding carboxylic acids is 1. The molecule has 0 atom stereocenters. The van der Waals surface area contributed by atoms with Gasteiger partial charge < -0.3 is 19.5 Å². The third kappa shape index (κ3) is 5.38. The first-order chi connectivity index (χ1) is 15.8. The molecule has 3 aromatic rings. The van der Waals surface area contributed by atoms with Gasteiger partial charge in [0, 0.05) is 6.07 Å². The molecule has 0 aromatic heterocycles. The molecule has 0 fully saturated rings. The summed E-state index contributed by atoms with van der Waals surface area (Å²) in [7, 11) is 0.238. The largest absolute Gasteiger partial charge is 0.497 e. The van der Waals surface area contributed by atoms with Gasteiger partial charge in [0.05, 0.1) is 32.7 Å². The highest BCUT2D eigenvalue weighted by Crippen LogP contribution is 2.32. The Morgan fingerprint density at radius 1 is 0.879 bits per heavy atom. The second-order valence-electron chi connectivity index (χ2n) is 7.12. The van der Waals surface area contributed by atoms with Crippen LogP contribution < -0.4 is 23.8 Å². The molecule has 0 aliphatic carbocycles. The van der Waals surface area contributed by atoms with Gasteiger partial charge in [-0.25, -0.2) is 8.42 Å². The summed E-state index contributed by atoms with van der Waals surface area (Å²) in [5.41, 5.74) is 1.45. The topological polar surface area (TPSA) is 94.2 Å². The van der Waals surface area contributed by atoms with Crippen LogP contribution in [0.4, 0.5) is 11.4 Å². The molecule has 0 unspecified atom stereocenters. The maximum atomic E-state index is 13.7. The number of benzene rings is 3. The molecule has 1 amide bonds. The van der Waals surface area contributed by atoms with Crippen molar-refractivity contribution in [2.24, 2.45) is 0 Å². The van der Waals surface area contributed by atoms with E-state index in [0.29, 0.717) is 22.9 Å². The van der Waals surface area contributed by atoms with Gasteiger partial charge in [0.25, 0.3) is 10.0 Å². The first-order valence-electron chi connectivity index (χ1n) is 10.0. The first-order valence-corrected chi connectivity index (χ1v) is 11.5. The Balaban J connectivity index is 2.00. The molecule has 0 radical (unpaired) electrons. The lowest BCUT2D eigenvalue weighted by molar-refractivity contribution is -0.114. The van der Waals surface area contributed by atoms with E-state index in [9.17, 15) is 13.2 Å². The van der Waals surface area contributed by atoms with E-state index in [1.807, 2.05) is 0 Å². The number of amides is 1. The number of nitrogens with zero attached hydrogens (tertiary/aromatic N) is 1. The Kier molecular flexibility index (Phi) is 7.44. The Morgan fingerprint density at radius 3 is 2.18 bits per heavy atom. The van der Waals surface area contributed by atoms with E-state index in [1.165, 1.54) is 27.4 Å². The number of sulfonamides is 1. The molecule has 0 heterocycles. The normalized spacial score (nSPS) is 10.9. The lowest BCUT2D eigenvalue weighted by atomic mass is 10.2. The van der Waals surface area contributed by atoms with Gasteiger partial charge >= 0.3 is 0 Å². The van der Waals surface area contributed by atoms with Crippen molar-refractivity contribution >= 4 is 27.3 Å². The van der Waals surface area contributed by atoms with Gasteiger partial charge in [-0.05, 0) is 48.9 Å². The molecule has 3 rings (SSSR count). The minimum absolute atomic E-state index is 0.0272. The maximum Gasteiger partial charge on any atom is 0.268 e. The smallest absolute Gasteiger partial charge is 0.268 e. The van der Waals surface area contributed by atoms with Crippen LogP contribution in [0.25, 0.3) is 0 Å². The van der Waals surface area contributed by atoms with Crippen LogP contribution in [0.1, 0.15) is 5.56 Å². The molecule has 3 aromatic carbocycles. The standard InChI is InChI=1S/C24H26N2O6S/c1-17-10-12-22(32-4)23(14-17)33(28,29)26(18-8-6-5-7-9-18)16-24(27)25-20-15-19(30-2)11-13-21(20)31-3/h5-15H,16H2,1-4H3,(H,25,27). The average molecular weight is 471 g/mol. The van der Waals surface area contributed by atoms with Crippen LogP contribution in [-0.4, -0.2) is 42.2 Å². The van der Waals surface area contributed by atoms with Crippen molar-refractivity contribution in [3.63, 3.8) is 0 Å². The lowest BCUT2D eigenvalue weighted by Crippen LogP contribution is -2.38. The SMILES string of the molecule is COc1ccc(OC)c(NC(=O)CN(c2ccccc2)S(=O)(=O)c2cc(C)ccc2OC)c1. The van der Waals surface area contributed by atoms with E-state index < -0.39 is 22.5 Å². The third-order valence-electron chi connectivity index (χ3n) is 4.90. The zero-order valence-corrected chi connectivity index (χ0v) is 19.7. The number of nitrogens with one attached hydrogen (secondary N) is 1. The molecule has 0 saturated carbocycles. The molecular weight excluding hydrogens is 444 g/mol. The second-order valence-corrected chi connectivity index (χ2v) is 8.95. The van der Waals surface area contributed by atoms with Gasteiger partial charge in [-0.3, -0.25) is 9.10 Å². The van der Waals surface area contributed by atoms with E-state index in [2.05, 4.69) is 5.32 Å². The number of hydrogen-bond donors (Lipinski definition) is 1. The fourth-order valence-corrected chi connectivity index (χ4v) is 4.91. The molecular formula is C24H26N2O6S.